The molecule has 3 aliphatic carbocycles. The summed E-state index contributed by atoms with van der Waals surface area (Å²) in [6.45, 7) is 0. The van der Waals surface area contributed by atoms with Gasteiger partial charge in [0.2, 0.25) is 0 Å². The number of nitrogens with zero attached hydrogens (tertiary/aromatic N) is 2. The van der Waals surface area contributed by atoms with E-state index in [2.05, 4.69) is 39.8 Å². The number of fused-ring (bicyclic) bond motifs is 1. The second-order valence-electron chi connectivity index (χ2n) is 6.40. The van der Waals surface area contributed by atoms with Crippen LogP contribution < -0.4 is 0 Å². The van der Waals surface area contributed by atoms with Gasteiger partial charge in [0, 0.05) is 9.13 Å². The summed E-state index contributed by atoms with van der Waals surface area (Å²) in [5.41, 5.74) is 0.503. The van der Waals surface area contributed by atoms with Gasteiger partial charge in [-0.3, -0.25) is 9.59 Å². The van der Waals surface area contributed by atoms with Gasteiger partial charge in [-0.2, -0.15) is 10.1 Å². The number of allylic oxidation sites excluding steroid dienone is 2. The van der Waals surface area contributed by atoms with Crippen LogP contribution >= 0.6 is 45.2 Å². The van der Waals surface area contributed by atoms with Crippen molar-refractivity contribution in [3.05, 3.63) is 37.0 Å². The number of benzene rings is 1. The van der Waals surface area contributed by atoms with Crippen LogP contribution in [0.2, 0.25) is 0 Å². The monoisotopic (exact) mass is 548 g/mol. The second kappa shape index (κ2) is 6.08. The molecule has 0 spiro atoms. The van der Waals surface area contributed by atoms with Gasteiger partial charge >= 0.3 is 0 Å². The number of carbonyl (C=O) groups excluding carboxylic acids is 2. The molecule has 1 aromatic rings. The molecule has 2 bridgehead atoms. The van der Waals surface area contributed by atoms with E-state index in [4.69, 9.17) is 0 Å². The molecule has 5 nitrogen and oxygen atoms in total. The fraction of sp³-hybridized carbons (Fsp3) is 0.353. The van der Waals surface area contributed by atoms with Crippen molar-refractivity contribution in [2.75, 3.05) is 0 Å². The van der Waals surface area contributed by atoms with Crippen LogP contribution in [-0.4, -0.2) is 28.1 Å². The predicted molar refractivity (Wildman–Crippen MR) is 105 cm³/mol. The van der Waals surface area contributed by atoms with Crippen LogP contribution in [0.3, 0.4) is 0 Å². The first-order valence-electron chi connectivity index (χ1n) is 7.75. The molecule has 1 heterocycles. The fourth-order valence-corrected chi connectivity index (χ4v) is 5.87. The molecule has 2 fully saturated rings. The number of aromatic hydroxyl groups is 1. The van der Waals surface area contributed by atoms with Crippen molar-refractivity contribution < 1.29 is 14.7 Å². The molecule has 1 saturated heterocycles. The van der Waals surface area contributed by atoms with Gasteiger partial charge in [-0.25, -0.2) is 0 Å². The van der Waals surface area contributed by atoms with E-state index < -0.39 is 0 Å². The maximum absolute atomic E-state index is 12.7. The summed E-state index contributed by atoms with van der Waals surface area (Å²) in [6, 6.07) is 3.61. The first-order valence-corrected chi connectivity index (χ1v) is 9.91. The molecule has 1 N–H and O–H groups in total. The number of amides is 2. The Balaban J connectivity index is 1.64. The maximum atomic E-state index is 12.7. The molecule has 2 amide bonds. The molecular formula is C17H14I2N2O3. The number of carbonyl (C=O) groups is 2. The summed E-state index contributed by atoms with van der Waals surface area (Å²) in [4.78, 5) is 25.3. The topological polar surface area (TPSA) is 70.0 Å². The minimum atomic E-state index is -0.261. The molecule has 5 rings (SSSR count). The Morgan fingerprint density at radius 1 is 1.08 bits per heavy atom. The highest BCUT2D eigenvalue weighted by molar-refractivity contribution is 14.1. The Labute approximate surface area is 166 Å². The normalized spacial score (nSPS) is 31.3. The van der Waals surface area contributed by atoms with Crippen molar-refractivity contribution in [1.29, 1.82) is 0 Å². The number of hydrogen-bond donors (Lipinski definition) is 1. The predicted octanol–water partition coefficient (Wildman–Crippen LogP) is 3.13. The lowest BCUT2D eigenvalue weighted by Gasteiger charge is -2.37. The van der Waals surface area contributed by atoms with Crippen molar-refractivity contribution in [2.45, 2.75) is 12.8 Å². The molecule has 4 aliphatic rings. The number of hydrogen-bond acceptors (Lipinski definition) is 4. The smallest absolute Gasteiger partial charge is 0.254 e. The van der Waals surface area contributed by atoms with Crippen molar-refractivity contribution in [3.8, 4) is 5.75 Å². The Hall–Kier alpha value is -0.970. The van der Waals surface area contributed by atoms with E-state index in [0.29, 0.717) is 9.13 Å². The average Bonchev–Trinajstić information content (AvgIpc) is 2.84. The largest absolute Gasteiger partial charge is 0.506 e. The van der Waals surface area contributed by atoms with Crippen LogP contribution in [-0.2, 0) is 9.59 Å². The molecule has 1 aliphatic heterocycles. The highest BCUT2D eigenvalue weighted by atomic mass is 127. The lowest BCUT2D eigenvalue weighted by atomic mass is 9.63. The highest BCUT2D eigenvalue weighted by Gasteiger charge is 2.56. The van der Waals surface area contributed by atoms with Gasteiger partial charge < -0.3 is 5.11 Å². The van der Waals surface area contributed by atoms with Gasteiger partial charge in [-0.05, 0) is 82.0 Å². The number of hydrazone groups is 1. The van der Waals surface area contributed by atoms with Crippen LogP contribution in [0.5, 0.6) is 5.75 Å². The minimum absolute atomic E-state index is 0.109. The van der Waals surface area contributed by atoms with Gasteiger partial charge in [-0.1, -0.05) is 12.2 Å². The summed E-state index contributed by atoms with van der Waals surface area (Å²) in [7, 11) is 0. The number of rotatable bonds is 2. The lowest BCUT2D eigenvalue weighted by Crippen LogP contribution is -2.38. The van der Waals surface area contributed by atoms with E-state index in [1.807, 2.05) is 28.7 Å². The number of halogens is 2. The molecule has 1 aromatic carbocycles. The van der Waals surface area contributed by atoms with Crippen LogP contribution in [0.1, 0.15) is 18.4 Å². The highest BCUT2D eigenvalue weighted by Crippen LogP contribution is 2.49. The Bertz CT molecular complexity index is 773. The quantitative estimate of drug-likeness (QED) is 0.268. The van der Waals surface area contributed by atoms with Gasteiger partial charge in [-0.15, -0.1) is 0 Å². The minimum Gasteiger partial charge on any atom is -0.506 e. The molecule has 24 heavy (non-hydrogen) atoms. The molecule has 124 valence electrons. The Kier molecular flexibility index (Phi) is 4.18. The molecule has 7 heteroatoms. The van der Waals surface area contributed by atoms with Gasteiger partial charge in [0.1, 0.15) is 5.75 Å². The van der Waals surface area contributed by atoms with E-state index in [0.717, 1.165) is 21.4 Å². The zero-order valence-corrected chi connectivity index (χ0v) is 16.8. The standard InChI is InChI=1S/C17H14I2N2O3/c18-11-5-10(15(22)12(19)6-11)7-20-21-16(23)13-8-1-2-9(4-3-8)14(13)17(21)24/h1-2,5-9,13-14,22H,3-4H2/b20-7-/t8-,9-,13-,14+/m0/s1. The van der Waals surface area contributed by atoms with Gasteiger partial charge in [0.05, 0.1) is 21.6 Å². The number of phenols is 1. The van der Waals surface area contributed by atoms with Crippen LogP contribution in [0.4, 0.5) is 0 Å². The Morgan fingerprint density at radius 3 is 2.21 bits per heavy atom. The number of phenolic OH excluding ortho intramolecular Hbond substituents is 1. The van der Waals surface area contributed by atoms with E-state index >= 15 is 0 Å². The summed E-state index contributed by atoms with van der Waals surface area (Å²) >= 11 is 4.19. The van der Waals surface area contributed by atoms with E-state index in [1.54, 1.807) is 6.07 Å². The molecule has 0 radical (unpaired) electrons. The fourth-order valence-electron chi connectivity index (χ4n) is 3.98. The van der Waals surface area contributed by atoms with Crippen molar-refractivity contribution in [1.82, 2.24) is 5.01 Å². The van der Waals surface area contributed by atoms with Crippen molar-refractivity contribution in [3.63, 3.8) is 0 Å². The van der Waals surface area contributed by atoms with Crippen molar-refractivity contribution >= 4 is 63.2 Å². The summed E-state index contributed by atoms with van der Waals surface area (Å²) in [5, 5.41) is 15.3. The SMILES string of the molecule is O=C1[C@@H]2[C@H](C(=O)N1/N=C\c1cc(I)cc(I)c1O)[C@H]1C=C[C@H]2CC1. The molecule has 0 aromatic heterocycles. The van der Waals surface area contributed by atoms with Gasteiger partial charge in [0.15, 0.2) is 0 Å². The number of imide groups is 1. The third kappa shape index (κ3) is 2.51. The zero-order chi connectivity index (χ0) is 17.0. The first kappa shape index (κ1) is 16.5. The van der Waals surface area contributed by atoms with Gasteiger partial charge in [0.25, 0.3) is 11.8 Å². The maximum Gasteiger partial charge on any atom is 0.254 e. The summed E-state index contributed by atoms with van der Waals surface area (Å²) in [5.74, 6) is -0.517. The third-order valence-electron chi connectivity index (χ3n) is 5.11. The Morgan fingerprint density at radius 2 is 1.67 bits per heavy atom. The summed E-state index contributed by atoms with van der Waals surface area (Å²) in [6.07, 6.45) is 7.51. The zero-order valence-electron chi connectivity index (χ0n) is 12.5. The van der Waals surface area contributed by atoms with Crippen LogP contribution in [0.25, 0.3) is 0 Å². The lowest BCUT2D eigenvalue weighted by molar-refractivity contribution is -0.140. The molecular weight excluding hydrogens is 534 g/mol. The van der Waals surface area contributed by atoms with Crippen LogP contribution in [0, 0.1) is 30.8 Å². The molecule has 4 atom stereocenters. The van der Waals surface area contributed by atoms with E-state index in [1.165, 1.54) is 6.21 Å². The second-order valence-corrected chi connectivity index (χ2v) is 8.81. The average molecular weight is 548 g/mol. The molecule has 0 unspecified atom stereocenters. The first-order chi connectivity index (χ1) is 11.5. The molecule has 1 saturated carbocycles. The van der Waals surface area contributed by atoms with Crippen LogP contribution in [0.15, 0.2) is 29.4 Å². The van der Waals surface area contributed by atoms with E-state index in [-0.39, 0.29) is 41.2 Å². The van der Waals surface area contributed by atoms with E-state index in [9.17, 15) is 14.7 Å². The summed E-state index contributed by atoms with van der Waals surface area (Å²) < 4.78 is 1.65. The van der Waals surface area contributed by atoms with Crippen molar-refractivity contribution in [2.24, 2.45) is 28.8 Å². The third-order valence-corrected chi connectivity index (χ3v) is 6.55.